The number of carbonyl (C=O) groups is 1. The Morgan fingerprint density at radius 2 is 2.31 bits per heavy atom. The number of nitrogens with two attached hydrogens (primary N) is 1. The summed E-state index contributed by atoms with van der Waals surface area (Å²) in [5, 5.41) is 0. The Morgan fingerprint density at radius 1 is 1.56 bits per heavy atom. The van der Waals surface area contributed by atoms with Gasteiger partial charge in [0.05, 0.1) is 12.2 Å². The molecule has 0 aromatic heterocycles. The minimum Gasteiger partial charge on any atom is -0.377 e. The first-order valence-electron chi connectivity index (χ1n) is 5.72. The van der Waals surface area contributed by atoms with Crippen LogP contribution in [0.3, 0.4) is 0 Å². The molecule has 1 fully saturated rings. The van der Waals surface area contributed by atoms with Gasteiger partial charge in [0, 0.05) is 26.7 Å². The van der Waals surface area contributed by atoms with E-state index >= 15 is 0 Å². The molecule has 1 rings (SSSR count). The van der Waals surface area contributed by atoms with Crippen molar-refractivity contribution in [2.24, 2.45) is 5.73 Å². The molecule has 0 aliphatic carbocycles. The van der Waals surface area contributed by atoms with Crippen molar-refractivity contribution >= 4 is 5.91 Å². The Labute approximate surface area is 96.9 Å². The Hall–Kier alpha value is -0.650. The van der Waals surface area contributed by atoms with Gasteiger partial charge in [-0.05, 0) is 19.8 Å². The molecule has 0 radical (unpaired) electrons. The number of piperidine rings is 1. The number of carbonyl (C=O) groups excluding carboxylic acids is 1. The quantitative estimate of drug-likeness (QED) is 0.675. The van der Waals surface area contributed by atoms with Crippen LogP contribution >= 0.6 is 0 Å². The molecule has 0 spiro atoms. The van der Waals surface area contributed by atoms with Gasteiger partial charge in [0.15, 0.2) is 0 Å². The molecule has 0 aromatic carbocycles. The maximum absolute atomic E-state index is 11.8. The van der Waals surface area contributed by atoms with E-state index in [1.807, 2.05) is 11.8 Å². The van der Waals surface area contributed by atoms with Crippen molar-refractivity contribution in [3.05, 3.63) is 0 Å². The third-order valence-electron chi connectivity index (χ3n) is 2.99. The van der Waals surface area contributed by atoms with E-state index in [1.54, 1.807) is 7.11 Å². The number of rotatable bonds is 5. The van der Waals surface area contributed by atoms with Crippen molar-refractivity contribution in [2.45, 2.75) is 25.4 Å². The van der Waals surface area contributed by atoms with Crippen LogP contribution in [0.15, 0.2) is 0 Å². The van der Waals surface area contributed by atoms with Crippen LogP contribution in [-0.2, 0) is 14.3 Å². The van der Waals surface area contributed by atoms with E-state index in [1.165, 1.54) is 0 Å². The zero-order chi connectivity index (χ0) is 12.0. The largest absolute Gasteiger partial charge is 0.377 e. The summed E-state index contributed by atoms with van der Waals surface area (Å²) in [6.07, 6.45) is 1.98. The first-order chi connectivity index (χ1) is 7.61. The summed E-state index contributed by atoms with van der Waals surface area (Å²) in [5.41, 5.74) is 5.08. The Bertz CT molecular complexity index is 235. The van der Waals surface area contributed by atoms with E-state index in [4.69, 9.17) is 15.2 Å². The van der Waals surface area contributed by atoms with Gasteiger partial charge in [-0.15, -0.1) is 0 Å². The standard InChI is InChI=1S/C11H22N2O3/c1-11(15-2)4-3-6-13(9-11)10(14)8-16-7-5-12/h3-9,12H2,1-2H3. The minimum absolute atomic E-state index is 0.0245. The number of methoxy groups -OCH3 is 1. The Kier molecular flexibility index (Phi) is 5.18. The fraction of sp³-hybridized carbons (Fsp3) is 0.909. The molecule has 1 atom stereocenters. The van der Waals surface area contributed by atoms with Crippen LogP contribution in [0.25, 0.3) is 0 Å². The molecule has 1 unspecified atom stereocenters. The maximum Gasteiger partial charge on any atom is 0.248 e. The molecule has 0 saturated carbocycles. The molecule has 16 heavy (non-hydrogen) atoms. The number of nitrogens with zero attached hydrogens (tertiary/aromatic N) is 1. The van der Waals surface area contributed by atoms with Gasteiger partial charge in [-0.2, -0.15) is 0 Å². The summed E-state index contributed by atoms with van der Waals surface area (Å²) >= 11 is 0. The van der Waals surface area contributed by atoms with Gasteiger partial charge in [-0.1, -0.05) is 0 Å². The number of hydrogen-bond acceptors (Lipinski definition) is 4. The molecule has 1 aliphatic rings. The fourth-order valence-electron chi connectivity index (χ4n) is 1.92. The van der Waals surface area contributed by atoms with Crippen molar-refractivity contribution in [3.63, 3.8) is 0 Å². The van der Waals surface area contributed by atoms with E-state index in [0.717, 1.165) is 19.4 Å². The van der Waals surface area contributed by atoms with Gasteiger partial charge in [0.25, 0.3) is 0 Å². The number of amides is 1. The van der Waals surface area contributed by atoms with Crippen LogP contribution in [0.1, 0.15) is 19.8 Å². The second-order valence-corrected chi connectivity index (χ2v) is 4.41. The molecule has 1 heterocycles. The lowest BCUT2D eigenvalue weighted by Crippen LogP contribution is -2.50. The zero-order valence-corrected chi connectivity index (χ0v) is 10.2. The second-order valence-electron chi connectivity index (χ2n) is 4.41. The van der Waals surface area contributed by atoms with Gasteiger partial charge in [0.1, 0.15) is 6.61 Å². The number of ether oxygens (including phenoxy) is 2. The monoisotopic (exact) mass is 230 g/mol. The predicted octanol–water partition coefficient (Wildman–Crippen LogP) is -0.0108. The first kappa shape index (κ1) is 13.4. The number of hydrogen-bond donors (Lipinski definition) is 1. The highest BCUT2D eigenvalue weighted by molar-refractivity contribution is 5.77. The smallest absolute Gasteiger partial charge is 0.248 e. The third kappa shape index (κ3) is 3.73. The van der Waals surface area contributed by atoms with Crippen LogP contribution in [0.5, 0.6) is 0 Å². The van der Waals surface area contributed by atoms with Crippen molar-refractivity contribution in [1.82, 2.24) is 4.90 Å². The van der Waals surface area contributed by atoms with E-state index in [9.17, 15) is 4.79 Å². The van der Waals surface area contributed by atoms with Gasteiger partial charge in [-0.3, -0.25) is 4.79 Å². The normalized spacial score (nSPS) is 25.8. The van der Waals surface area contributed by atoms with E-state index in [-0.39, 0.29) is 18.1 Å². The summed E-state index contributed by atoms with van der Waals surface area (Å²) in [4.78, 5) is 13.6. The van der Waals surface area contributed by atoms with Crippen LogP contribution in [0.4, 0.5) is 0 Å². The van der Waals surface area contributed by atoms with Gasteiger partial charge < -0.3 is 20.1 Å². The van der Waals surface area contributed by atoms with Gasteiger partial charge in [0.2, 0.25) is 5.91 Å². The molecule has 0 bridgehead atoms. The highest BCUT2D eigenvalue weighted by Crippen LogP contribution is 2.23. The fourth-order valence-corrected chi connectivity index (χ4v) is 1.92. The summed E-state index contributed by atoms with van der Waals surface area (Å²) in [6, 6.07) is 0. The lowest BCUT2D eigenvalue weighted by Gasteiger charge is -2.39. The van der Waals surface area contributed by atoms with Gasteiger partial charge >= 0.3 is 0 Å². The molecule has 1 amide bonds. The van der Waals surface area contributed by atoms with E-state index in [0.29, 0.717) is 19.7 Å². The first-order valence-corrected chi connectivity index (χ1v) is 5.72. The lowest BCUT2D eigenvalue weighted by atomic mass is 9.95. The van der Waals surface area contributed by atoms with Crippen LogP contribution in [-0.4, -0.2) is 56.4 Å². The summed E-state index contributed by atoms with van der Waals surface area (Å²) in [7, 11) is 1.69. The molecule has 2 N–H and O–H groups in total. The van der Waals surface area contributed by atoms with Crippen molar-refractivity contribution < 1.29 is 14.3 Å². The predicted molar refractivity (Wildman–Crippen MR) is 61.1 cm³/mol. The molecule has 1 saturated heterocycles. The van der Waals surface area contributed by atoms with Gasteiger partial charge in [-0.25, -0.2) is 0 Å². The summed E-state index contributed by atoms with van der Waals surface area (Å²) < 4.78 is 10.6. The molecule has 5 heteroatoms. The SMILES string of the molecule is COC1(C)CCCN(C(=O)COCCN)C1. The van der Waals surface area contributed by atoms with E-state index < -0.39 is 0 Å². The van der Waals surface area contributed by atoms with Crippen molar-refractivity contribution in [3.8, 4) is 0 Å². The topological polar surface area (TPSA) is 64.8 Å². The minimum atomic E-state index is -0.207. The maximum atomic E-state index is 11.8. The highest BCUT2D eigenvalue weighted by Gasteiger charge is 2.32. The molecule has 0 aromatic rings. The van der Waals surface area contributed by atoms with Crippen LogP contribution in [0.2, 0.25) is 0 Å². The third-order valence-corrected chi connectivity index (χ3v) is 2.99. The number of likely N-dealkylation sites (tertiary alicyclic amines) is 1. The molecular weight excluding hydrogens is 208 g/mol. The molecule has 5 nitrogen and oxygen atoms in total. The highest BCUT2D eigenvalue weighted by atomic mass is 16.5. The van der Waals surface area contributed by atoms with Crippen molar-refractivity contribution in [1.29, 1.82) is 0 Å². The van der Waals surface area contributed by atoms with Crippen LogP contribution < -0.4 is 5.73 Å². The summed E-state index contributed by atoms with van der Waals surface area (Å²) in [5.74, 6) is 0.0245. The second kappa shape index (κ2) is 6.18. The molecule has 94 valence electrons. The van der Waals surface area contributed by atoms with Crippen LogP contribution in [0, 0.1) is 0 Å². The zero-order valence-electron chi connectivity index (χ0n) is 10.2. The van der Waals surface area contributed by atoms with Crippen molar-refractivity contribution in [2.75, 3.05) is 40.0 Å². The summed E-state index contributed by atoms with van der Waals surface area (Å²) in [6.45, 7) is 4.48. The molecular formula is C11H22N2O3. The average Bonchev–Trinajstić information content (AvgIpc) is 2.29. The van der Waals surface area contributed by atoms with E-state index in [2.05, 4.69) is 0 Å². The molecule has 1 aliphatic heterocycles. The Balaban J connectivity index is 2.38. The average molecular weight is 230 g/mol. The lowest BCUT2D eigenvalue weighted by molar-refractivity contribution is -0.143. The Morgan fingerprint density at radius 3 is 2.94 bits per heavy atom.